The van der Waals surface area contributed by atoms with E-state index in [1.54, 1.807) is 6.21 Å². The molecule has 0 atom stereocenters. The molecule has 0 unspecified atom stereocenters. The van der Waals surface area contributed by atoms with Gasteiger partial charge in [-0.1, -0.05) is 32.0 Å². The van der Waals surface area contributed by atoms with Crippen molar-refractivity contribution in [2.75, 3.05) is 11.9 Å². The number of hydrazone groups is 1. The number of para-hydroxylation sites is 1. The van der Waals surface area contributed by atoms with Crippen molar-refractivity contribution in [3.8, 4) is 0 Å². The van der Waals surface area contributed by atoms with Crippen molar-refractivity contribution in [3.05, 3.63) is 41.6 Å². The second-order valence-electron chi connectivity index (χ2n) is 6.28. The van der Waals surface area contributed by atoms with E-state index in [0.717, 1.165) is 12.8 Å². The highest BCUT2D eigenvalue weighted by Gasteiger charge is 2.37. The third-order valence-corrected chi connectivity index (χ3v) is 4.37. The Bertz CT molecular complexity index is 627. The van der Waals surface area contributed by atoms with Crippen molar-refractivity contribution in [1.82, 2.24) is 5.43 Å². The van der Waals surface area contributed by atoms with Gasteiger partial charge < -0.3 is 4.90 Å². The molecule has 110 valence electrons. The van der Waals surface area contributed by atoms with Crippen LogP contribution in [-0.4, -0.2) is 19.2 Å². The van der Waals surface area contributed by atoms with Gasteiger partial charge in [0.15, 0.2) is 0 Å². The minimum Gasteiger partial charge on any atom is -0.347 e. The fourth-order valence-electron chi connectivity index (χ4n) is 2.95. The van der Waals surface area contributed by atoms with Gasteiger partial charge in [0.25, 0.3) is 0 Å². The van der Waals surface area contributed by atoms with Gasteiger partial charge >= 0.3 is 0 Å². The summed E-state index contributed by atoms with van der Waals surface area (Å²) in [5.41, 5.74) is 6.26. The number of amides is 1. The summed E-state index contributed by atoms with van der Waals surface area (Å²) in [6, 6.07) is 8.42. The smallest absolute Gasteiger partial charge is 0.243 e. The van der Waals surface area contributed by atoms with Gasteiger partial charge in [0.05, 0.1) is 0 Å². The first kappa shape index (κ1) is 13.9. The molecule has 3 rings (SSSR count). The molecular weight excluding hydrogens is 262 g/mol. The highest BCUT2D eigenvalue weighted by molar-refractivity contribution is 5.83. The number of carbonyl (C=O) groups excluding carboxylic acids is 1. The fraction of sp³-hybridized carbons (Fsp3) is 0.412. The Morgan fingerprint density at radius 2 is 2.10 bits per heavy atom. The highest BCUT2D eigenvalue weighted by Crippen LogP contribution is 2.46. The standard InChI is InChI=1S/C17H21N3O/c1-17(2)13-6-4-5-7-14(13)20(3)15(17)10-11-18-19-16(21)12-8-9-12/h4-7,10-12H,8-9H2,1-3H3,(H,19,21)/b15-10+,18-11+. The number of hydrogen-bond acceptors (Lipinski definition) is 3. The van der Waals surface area contributed by atoms with Crippen molar-refractivity contribution in [2.24, 2.45) is 11.0 Å². The normalized spacial score (nSPS) is 21.9. The Labute approximate surface area is 125 Å². The molecule has 21 heavy (non-hydrogen) atoms. The molecule has 1 N–H and O–H groups in total. The number of likely N-dealkylation sites (N-methyl/N-ethyl adjacent to an activating group) is 1. The molecule has 0 saturated heterocycles. The van der Waals surface area contributed by atoms with Crippen LogP contribution >= 0.6 is 0 Å². The molecule has 4 nitrogen and oxygen atoms in total. The number of carbonyl (C=O) groups is 1. The van der Waals surface area contributed by atoms with E-state index in [1.807, 2.05) is 6.08 Å². The van der Waals surface area contributed by atoms with Crippen LogP contribution in [0.25, 0.3) is 0 Å². The summed E-state index contributed by atoms with van der Waals surface area (Å²) in [5.74, 6) is 0.219. The third kappa shape index (κ3) is 2.46. The molecule has 1 aliphatic heterocycles. The molecule has 1 fully saturated rings. The highest BCUT2D eigenvalue weighted by atomic mass is 16.2. The Hall–Kier alpha value is -2.10. The van der Waals surface area contributed by atoms with Gasteiger partial charge in [0.2, 0.25) is 5.91 Å². The van der Waals surface area contributed by atoms with E-state index in [9.17, 15) is 4.79 Å². The summed E-state index contributed by atoms with van der Waals surface area (Å²) in [4.78, 5) is 13.7. The monoisotopic (exact) mass is 283 g/mol. The van der Waals surface area contributed by atoms with Gasteiger partial charge in [0.1, 0.15) is 0 Å². The van der Waals surface area contributed by atoms with Gasteiger partial charge in [-0.3, -0.25) is 4.79 Å². The van der Waals surface area contributed by atoms with Crippen LogP contribution < -0.4 is 10.3 Å². The second kappa shape index (κ2) is 5.02. The van der Waals surface area contributed by atoms with Crippen LogP contribution in [0.4, 0.5) is 5.69 Å². The van der Waals surface area contributed by atoms with Gasteiger partial charge in [0, 0.05) is 36.0 Å². The molecule has 0 spiro atoms. The SMILES string of the molecule is CN1/C(=C/C=N/NC(=O)C2CC2)C(C)(C)c2ccccc21. The number of allylic oxidation sites excluding steroid dienone is 2. The molecule has 0 bridgehead atoms. The fourth-order valence-corrected chi connectivity index (χ4v) is 2.95. The Morgan fingerprint density at radius 1 is 1.38 bits per heavy atom. The Kier molecular flexibility index (Phi) is 3.32. The van der Waals surface area contributed by atoms with Crippen molar-refractivity contribution < 1.29 is 4.79 Å². The lowest BCUT2D eigenvalue weighted by Gasteiger charge is -2.23. The van der Waals surface area contributed by atoms with E-state index in [2.05, 4.69) is 60.6 Å². The predicted molar refractivity (Wildman–Crippen MR) is 85.3 cm³/mol. The number of hydrogen-bond donors (Lipinski definition) is 1. The van der Waals surface area contributed by atoms with E-state index in [-0.39, 0.29) is 17.2 Å². The molecule has 0 radical (unpaired) electrons. The summed E-state index contributed by atoms with van der Waals surface area (Å²) >= 11 is 0. The van der Waals surface area contributed by atoms with Gasteiger partial charge in [-0.05, 0) is 30.5 Å². The van der Waals surface area contributed by atoms with Crippen LogP contribution in [0, 0.1) is 5.92 Å². The molecule has 1 amide bonds. The first-order chi connectivity index (χ1) is 10.0. The molecule has 1 aliphatic carbocycles. The van der Waals surface area contributed by atoms with Crippen molar-refractivity contribution in [2.45, 2.75) is 32.1 Å². The van der Waals surface area contributed by atoms with E-state index in [4.69, 9.17) is 0 Å². The van der Waals surface area contributed by atoms with Crippen LogP contribution in [0.3, 0.4) is 0 Å². The lowest BCUT2D eigenvalue weighted by atomic mass is 9.84. The van der Waals surface area contributed by atoms with Crippen molar-refractivity contribution in [3.63, 3.8) is 0 Å². The molecule has 1 aromatic rings. The van der Waals surface area contributed by atoms with Crippen LogP contribution in [0.5, 0.6) is 0 Å². The zero-order chi connectivity index (χ0) is 15.0. The zero-order valence-electron chi connectivity index (χ0n) is 12.8. The minimum absolute atomic E-state index is 0.0342. The second-order valence-corrected chi connectivity index (χ2v) is 6.28. The largest absolute Gasteiger partial charge is 0.347 e. The summed E-state index contributed by atoms with van der Waals surface area (Å²) in [6.45, 7) is 4.41. The van der Waals surface area contributed by atoms with Crippen LogP contribution in [0.15, 0.2) is 41.1 Å². The van der Waals surface area contributed by atoms with Gasteiger partial charge in [-0.25, -0.2) is 5.43 Å². The summed E-state index contributed by atoms with van der Waals surface area (Å²) in [7, 11) is 2.07. The Balaban J connectivity index is 1.77. The molecule has 4 heteroatoms. The van der Waals surface area contributed by atoms with Crippen LogP contribution in [-0.2, 0) is 10.2 Å². The average Bonchev–Trinajstić information content (AvgIpc) is 3.28. The first-order valence-corrected chi connectivity index (χ1v) is 7.38. The van der Waals surface area contributed by atoms with Crippen molar-refractivity contribution in [1.29, 1.82) is 0 Å². The zero-order valence-corrected chi connectivity index (χ0v) is 12.8. The number of benzene rings is 1. The molecular formula is C17H21N3O. The Morgan fingerprint density at radius 3 is 2.76 bits per heavy atom. The van der Waals surface area contributed by atoms with Gasteiger partial charge in [-0.15, -0.1) is 0 Å². The number of fused-ring (bicyclic) bond motifs is 1. The maximum Gasteiger partial charge on any atom is 0.243 e. The summed E-state index contributed by atoms with van der Waals surface area (Å²) in [6.07, 6.45) is 5.65. The van der Waals surface area contributed by atoms with Gasteiger partial charge in [-0.2, -0.15) is 5.10 Å². The van der Waals surface area contributed by atoms with E-state index < -0.39 is 0 Å². The molecule has 2 aliphatic rings. The minimum atomic E-state index is -0.0577. The number of rotatable bonds is 3. The maximum absolute atomic E-state index is 11.5. The molecule has 1 heterocycles. The molecule has 1 saturated carbocycles. The van der Waals surface area contributed by atoms with E-state index >= 15 is 0 Å². The number of nitrogens with one attached hydrogen (secondary N) is 1. The third-order valence-electron chi connectivity index (χ3n) is 4.37. The average molecular weight is 283 g/mol. The van der Waals surface area contributed by atoms with Crippen molar-refractivity contribution >= 4 is 17.8 Å². The lowest BCUT2D eigenvalue weighted by molar-refractivity contribution is -0.122. The summed E-state index contributed by atoms with van der Waals surface area (Å²) in [5, 5.41) is 4.03. The first-order valence-electron chi connectivity index (χ1n) is 7.38. The van der Waals surface area contributed by atoms with Crippen LogP contribution in [0.1, 0.15) is 32.3 Å². The van der Waals surface area contributed by atoms with E-state index in [1.165, 1.54) is 16.9 Å². The quantitative estimate of drug-likeness (QED) is 0.685. The topological polar surface area (TPSA) is 44.7 Å². The lowest BCUT2D eigenvalue weighted by Crippen LogP contribution is -2.23. The van der Waals surface area contributed by atoms with E-state index in [0.29, 0.717) is 0 Å². The van der Waals surface area contributed by atoms with Crippen LogP contribution in [0.2, 0.25) is 0 Å². The predicted octanol–water partition coefficient (Wildman–Crippen LogP) is 2.81. The number of anilines is 1. The molecule has 0 aromatic heterocycles. The summed E-state index contributed by atoms with van der Waals surface area (Å²) < 4.78 is 0. The molecule has 1 aromatic carbocycles. The number of nitrogens with zero attached hydrogens (tertiary/aromatic N) is 2. The maximum atomic E-state index is 11.5.